The standard InChI is InChI=1S/C23H30N2O3/c1-15-13-16(2)20(17(3)14-15)25-22(27)23(4,5)21(26)24-12-11-18-7-9-19(28-6)10-8-18/h7-10,13-14H,11-12H2,1-6H3,(H,24,26)(H,25,27). The summed E-state index contributed by atoms with van der Waals surface area (Å²) in [6, 6.07) is 11.7. The number of benzene rings is 2. The van der Waals surface area contributed by atoms with Gasteiger partial charge in [-0.15, -0.1) is 0 Å². The first-order valence-electron chi connectivity index (χ1n) is 9.45. The topological polar surface area (TPSA) is 67.4 Å². The summed E-state index contributed by atoms with van der Waals surface area (Å²) in [6.07, 6.45) is 0.684. The number of ether oxygens (including phenoxy) is 1. The van der Waals surface area contributed by atoms with Gasteiger partial charge < -0.3 is 15.4 Å². The molecule has 5 nitrogen and oxygen atoms in total. The molecule has 0 fully saturated rings. The minimum atomic E-state index is -1.18. The summed E-state index contributed by atoms with van der Waals surface area (Å²) in [7, 11) is 1.63. The first-order chi connectivity index (χ1) is 13.1. The maximum atomic E-state index is 12.8. The van der Waals surface area contributed by atoms with E-state index in [1.807, 2.05) is 57.2 Å². The van der Waals surface area contributed by atoms with Gasteiger partial charge in [0.15, 0.2) is 0 Å². The van der Waals surface area contributed by atoms with Gasteiger partial charge in [0.2, 0.25) is 11.8 Å². The Kier molecular flexibility index (Phi) is 6.84. The number of hydrogen-bond acceptors (Lipinski definition) is 3. The lowest BCUT2D eigenvalue weighted by Gasteiger charge is -2.24. The number of aryl methyl sites for hydroxylation is 3. The molecule has 0 aliphatic heterocycles. The van der Waals surface area contributed by atoms with E-state index >= 15 is 0 Å². The van der Waals surface area contributed by atoms with Crippen LogP contribution in [0.2, 0.25) is 0 Å². The van der Waals surface area contributed by atoms with E-state index in [0.29, 0.717) is 13.0 Å². The third-order valence-corrected chi connectivity index (χ3v) is 4.91. The van der Waals surface area contributed by atoms with Gasteiger partial charge in [-0.1, -0.05) is 29.8 Å². The van der Waals surface area contributed by atoms with Crippen LogP contribution in [-0.2, 0) is 16.0 Å². The second-order valence-electron chi connectivity index (χ2n) is 7.71. The molecule has 0 bridgehead atoms. The highest BCUT2D eigenvalue weighted by Gasteiger charge is 2.36. The summed E-state index contributed by atoms with van der Waals surface area (Å²) >= 11 is 0. The zero-order valence-electron chi connectivity index (χ0n) is 17.6. The van der Waals surface area contributed by atoms with Gasteiger partial charge in [0.1, 0.15) is 11.2 Å². The molecule has 0 aliphatic rings. The number of carbonyl (C=O) groups is 2. The van der Waals surface area contributed by atoms with Crippen LogP contribution in [-0.4, -0.2) is 25.5 Å². The molecule has 2 aromatic rings. The highest BCUT2D eigenvalue weighted by Crippen LogP contribution is 2.25. The van der Waals surface area contributed by atoms with Crippen molar-refractivity contribution in [3.8, 4) is 5.75 Å². The highest BCUT2D eigenvalue weighted by molar-refractivity contribution is 6.10. The predicted molar refractivity (Wildman–Crippen MR) is 113 cm³/mol. The van der Waals surface area contributed by atoms with Crippen molar-refractivity contribution in [3.63, 3.8) is 0 Å². The molecule has 0 saturated carbocycles. The molecule has 0 heterocycles. The largest absolute Gasteiger partial charge is 0.497 e. The third-order valence-electron chi connectivity index (χ3n) is 4.91. The average Bonchev–Trinajstić information content (AvgIpc) is 2.64. The maximum absolute atomic E-state index is 12.8. The molecule has 0 unspecified atom stereocenters. The highest BCUT2D eigenvalue weighted by atomic mass is 16.5. The van der Waals surface area contributed by atoms with Gasteiger partial charge in [-0.05, 0) is 69.9 Å². The van der Waals surface area contributed by atoms with Crippen molar-refractivity contribution in [2.75, 3.05) is 19.0 Å². The van der Waals surface area contributed by atoms with Crippen LogP contribution < -0.4 is 15.4 Å². The fourth-order valence-corrected chi connectivity index (χ4v) is 3.08. The minimum absolute atomic E-state index is 0.291. The molecule has 150 valence electrons. The zero-order chi connectivity index (χ0) is 20.9. The van der Waals surface area contributed by atoms with Crippen molar-refractivity contribution in [2.45, 2.75) is 41.0 Å². The van der Waals surface area contributed by atoms with Crippen LogP contribution in [0.15, 0.2) is 36.4 Å². The lowest BCUT2D eigenvalue weighted by molar-refractivity contribution is -0.138. The monoisotopic (exact) mass is 382 g/mol. The molecular weight excluding hydrogens is 352 g/mol. The van der Waals surface area contributed by atoms with Crippen molar-refractivity contribution in [1.29, 1.82) is 0 Å². The molecule has 0 aromatic heterocycles. The Hall–Kier alpha value is -2.82. The summed E-state index contributed by atoms with van der Waals surface area (Å²) in [5.41, 5.74) is 3.81. The van der Waals surface area contributed by atoms with Crippen molar-refractivity contribution in [3.05, 3.63) is 58.7 Å². The van der Waals surface area contributed by atoms with Crippen LogP contribution in [0.1, 0.15) is 36.1 Å². The van der Waals surface area contributed by atoms with E-state index < -0.39 is 5.41 Å². The van der Waals surface area contributed by atoms with Crippen LogP contribution in [0, 0.1) is 26.2 Å². The van der Waals surface area contributed by atoms with Gasteiger partial charge in [0.05, 0.1) is 7.11 Å². The van der Waals surface area contributed by atoms with Crippen LogP contribution in [0.4, 0.5) is 5.69 Å². The second-order valence-corrected chi connectivity index (χ2v) is 7.71. The fourth-order valence-electron chi connectivity index (χ4n) is 3.08. The Morgan fingerprint density at radius 2 is 1.54 bits per heavy atom. The molecule has 2 amide bonds. The average molecular weight is 383 g/mol. The van der Waals surface area contributed by atoms with Crippen molar-refractivity contribution in [1.82, 2.24) is 5.32 Å². The Bertz CT molecular complexity index is 832. The molecule has 2 rings (SSSR count). The summed E-state index contributed by atoms with van der Waals surface area (Å²) in [6.45, 7) is 9.68. The SMILES string of the molecule is COc1ccc(CCNC(=O)C(C)(C)C(=O)Nc2c(C)cc(C)cc2C)cc1. The van der Waals surface area contributed by atoms with E-state index in [1.54, 1.807) is 21.0 Å². The van der Waals surface area contributed by atoms with Crippen LogP contribution in [0.3, 0.4) is 0 Å². The van der Waals surface area contributed by atoms with E-state index in [1.165, 1.54) is 0 Å². The van der Waals surface area contributed by atoms with Crippen LogP contribution >= 0.6 is 0 Å². The molecule has 0 aliphatic carbocycles. The molecule has 0 spiro atoms. The number of amides is 2. The normalized spacial score (nSPS) is 11.1. The van der Waals surface area contributed by atoms with Gasteiger partial charge in [0.25, 0.3) is 0 Å². The summed E-state index contributed by atoms with van der Waals surface area (Å²) < 4.78 is 5.14. The third kappa shape index (κ3) is 5.12. The van der Waals surface area contributed by atoms with Gasteiger partial charge in [0, 0.05) is 12.2 Å². The number of hydrogen-bond donors (Lipinski definition) is 2. The maximum Gasteiger partial charge on any atom is 0.239 e. The molecule has 0 saturated heterocycles. The minimum Gasteiger partial charge on any atom is -0.497 e. The molecule has 0 radical (unpaired) electrons. The van der Waals surface area contributed by atoms with E-state index in [2.05, 4.69) is 10.6 Å². The van der Waals surface area contributed by atoms with Crippen LogP contribution in [0.25, 0.3) is 0 Å². The van der Waals surface area contributed by atoms with Gasteiger partial charge in [-0.3, -0.25) is 9.59 Å². The van der Waals surface area contributed by atoms with E-state index in [-0.39, 0.29) is 11.8 Å². The molecule has 2 N–H and O–H groups in total. The van der Waals surface area contributed by atoms with Gasteiger partial charge in [-0.25, -0.2) is 0 Å². The Balaban J connectivity index is 1.96. The molecule has 2 aromatic carbocycles. The number of rotatable bonds is 7. The quantitative estimate of drug-likeness (QED) is 0.713. The van der Waals surface area contributed by atoms with Gasteiger partial charge >= 0.3 is 0 Å². The summed E-state index contributed by atoms with van der Waals surface area (Å²) in [5.74, 6) is 0.192. The van der Waals surface area contributed by atoms with E-state index in [9.17, 15) is 9.59 Å². The Labute approximate surface area is 167 Å². The first-order valence-corrected chi connectivity index (χ1v) is 9.45. The first kappa shape index (κ1) is 21.5. The smallest absolute Gasteiger partial charge is 0.239 e. The van der Waals surface area contributed by atoms with Crippen LogP contribution in [0.5, 0.6) is 5.75 Å². The number of carbonyl (C=O) groups excluding carboxylic acids is 2. The zero-order valence-corrected chi connectivity index (χ0v) is 17.6. The molecule has 5 heteroatoms. The lowest BCUT2D eigenvalue weighted by atomic mass is 9.90. The Morgan fingerprint density at radius 3 is 2.07 bits per heavy atom. The fraction of sp³-hybridized carbons (Fsp3) is 0.391. The van der Waals surface area contributed by atoms with Crippen molar-refractivity contribution < 1.29 is 14.3 Å². The van der Waals surface area contributed by atoms with Crippen molar-refractivity contribution in [2.24, 2.45) is 5.41 Å². The van der Waals surface area contributed by atoms with Crippen molar-refractivity contribution >= 4 is 17.5 Å². The molecular formula is C23H30N2O3. The predicted octanol–water partition coefficient (Wildman–Crippen LogP) is 3.94. The number of anilines is 1. The summed E-state index contributed by atoms with van der Waals surface area (Å²) in [4.78, 5) is 25.4. The molecule has 0 atom stereocenters. The number of methoxy groups -OCH3 is 1. The second kappa shape index (κ2) is 8.91. The lowest BCUT2D eigenvalue weighted by Crippen LogP contribution is -2.45. The Morgan fingerprint density at radius 1 is 0.964 bits per heavy atom. The van der Waals surface area contributed by atoms with E-state index in [4.69, 9.17) is 4.74 Å². The van der Waals surface area contributed by atoms with E-state index in [0.717, 1.165) is 33.7 Å². The van der Waals surface area contributed by atoms with Gasteiger partial charge in [-0.2, -0.15) is 0 Å². The summed E-state index contributed by atoms with van der Waals surface area (Å²) in [5, 5.41) is 5.81. The number of nitrogens with one attached hydrogen (secondary N) is 2. The molecule has 28 heavy (non-hydrogen) atoms.